The van der Waals surface area contributed by atoms with Crippen molar-refractivity contribution in [3.8, 4) is 17.6 Å². The van der Waals surface area contributed by atoms with Crippen LogP contribution < -0.4 is 10.1 Å². The number of carbonyl (C=O) groups excluding carboxylic acids is 2. The number of amides is 2. The predicted octanol–water partition coefficient (Wildman–Crippen LogP) is 6.06. The Bertz CT molecular complexity index is 1850. The second kappa shape index (κ2) is 14.6. The number of aromatic nitrogens is 3. The normalized spacial score (nSPS) is 13.8. The van der Waals surface area contributed by atoms with Gasteiger partial charge in [0.2, 0.25) is 11.8 Å². The van der Waals surface area contributed by atoms with Crippen LogP contribution in [0.25, 0.3) is 11.0 Å². The molecule has 1 aliphatic carbocycles. The lowest BCUT2D eigenvalue weighted by molar-refractivity contribution is -0.142. The van der Waals surface area contributed by atoms with Crippen molar-refractivity contribution in [3.05, 3.63) is 125 Å². The fourth-order valence-electron chi connectivity index (χ4n) is 5.96. The largest absolute Gasteiger partial charge is 0.497 e. The average Bonchev–Trinajstić information content (AvgIpc) is 3.51. The van der Waals surface area contributed by atoms with E-state index >= 15 is 0 Å². The van der Waals surface area contributed by atoms with Gasteiger partial charge < -0.3 is 15.0 Å². The van der Waals surface area contributed by atoms with Gasteiger partial charge in [0, 0.05) is 23.7 Å². The molecule has 6 rings (SSSR count). The van der Waals surface area contributed by atoms with E-state index < -0.39 is 6.04 Å². The molecule has 1 saturated carbocycles. The van der Waals surface area contributed by atoms with E-state index in [-0.39, 0.29) is 30.9 Å². The minimum atomic E-state index is -0.898. The fraction of sp³-hybridized carbons (Fsp3) is 0.263. The third-order valence-electron chi connectivity index (χ3n) is 8.38. The predicted molar refractivity (Wildman–Crippen MR) is 178 cm³/mol. The third kappa shape index (κ3) is 7.44. The van der Waals surface area contributed by atoms with E-state index in [4.69, 9.17) is 4.74 Å². The molecule has 1 fully saturated rings. The minimum Gasteiger partial charge on any atom is -0.497 e. The van der Waals surface area contributed by atoms with E-state index in [0.717, 1.165) is 47.9 Å². The van der Waals surface area contributed by atoms with Crippen molar-refractivity contribution in [2.45, 2.75) is 57.3 Å². The quantitative estimate of drug-likeness (QED) is 0.205. The van der Waals surface area contributed by atoms with Crippen LogP contribution in [0.5, 0.6) is 5.75 Å². The van der Waals surface area contributed by atoms with Gasteiger partial charge >= 0.3 is 0 Å². The zero-order chi connectivity index (χ0) is 31.7. The number of benzene rings is 4. The van der Waals surface area contributed by atoms with E-state index in [0.29, 0.717) is 16.8 Å². The van der Waals surface area contributed by atoms with Crippen LogP contribution in [0.1, 0.15) is 60.4 Å². The summed E-state index contributed by atoms with van der Waals surface area (Å²) in [4.78, 5) is 30.4. The zero-order valence-electron chi connectivity index (χ0n) is 25.9. The molecule has 232 valence electrons. The first-order valence-corrected chi connectivity index (χ1v) is 15.8. The van der Waals surface area contributed by atoms with Gasteiger partial charge in [-0.05, 0) is 72.5 Å². The highest BCUT2D eigenvalue weighted by Gasteiger charge is 2.33. The molecule has 2 amide bonds. The Labute approximate surface area is 269 Å². The van der Waals surface area contributed by atoms with Crippen LogP contribution in [0.4, 0.5) is 0 Å². The molecule has 0 saturated heterocycles. The van der Waals surface area contributed by atoms with Crippen molar-refractivity contribution >= 4 is 22.8 Å². The van der Waals surface area contributed by atoms with Gasteiger partial charge in [-0.25, -0.2) is 4.68 Å². The number of rotatable bonds is 9. The summed E-state index contributed by atoms with van der Waals surface area (Å²) in [5.74, 6) is 6.71. The van der Waals surface area contributed by atoms with Crippen molar-refractivity contribution in [3.63, 3.8) is 0 Å². The molecule has 1 aliphatic rings. The van der Waals surface area contributed by atoms with E-state index in [9.17, 15) is 9.59 Å². The Morgan fingerprint density at radius 2 is 1.61 bits per heavy atom. The van der Waals surface area contributed by atoms with Gasteiger partial charge in [0.15, 0.2) is 0 Å². The number of methoxy groups -OCH3 is 1. The Kier molecular flexibility index (Phi) is 9.69. The Balaban J connectivity index is 1.39. The van der Waals surface area contributed by atoms with Crippen molar-refractivity contribution < 1.29 is 14.3 Å². The zero-order valence-corrected chi connectivity index (χ0v) is 25.9. The van der Waals surface area contributed by atoms with E-state index in [1.807, 2.05) is 103 Å². The summed E-state index contributed by atoms with van der Waals surface area (Å²) in [7, 11) is 1.62. The van der Waals surface area contributed by atoms with Crippen LogP contribution in [0, 0.1) is 11.8 Å². The van der Waals surface area contributed by atoms with Gasteiger partial charge in [0.1, 0.15) is 23.9 Å². The summed E-state index contributed by atoms with van der Waals surface area (Å²) in [5.41, 5.74) is 4.67. The van der Waals surface area contributed by atoms with Gasteiger partial charge in [-0.3, -0.25) is 9.59 Å². The van der Waals surface area contributed by atoms with Crippen molar-refractivity contribution in [1.29, 1.82) is 0 Å². The molecule has 1 atom stereocenters. The molecule has 8 nitrogen and oxygen atoms in total. The highest BCUT2D eigenvalue weighted by molar-refractivity contribution is 5.89. The SMILES string of the molecule is COc1ccc(CN(C(=O)Cn2nnc3ccccc32)C(C(=O)NC2CCCCC2)c2cccc(C#Cc3ccccc3)c2)cc1. The van der Waals surface area contributed by atoms with Crippen molar-refractivity contribution in [1.82, 2.24) is 25.2 Å². The third-order valence-corrected chi connectivity index (χ3v) is 8.38. The fourth-order valence-corrected chi connectivity index (χ4v) is 5.96. The summed E-state index contributed by atoms with van der Waals surface area (Å²) >= 11 is 0. The molecular formula is C38H37N5O3. The molecule has 0 spiro atoms. The number of nitrogens with zero attached hydrogens (tertiary/aromatic N) is 4. The van der Waals surface area contributed by atoms with Gasteiger partial charge in [-0.15, -0.1) is 5.10 Å². The van der Waals surface area contributed by atoms with E-state index in [1.54, 1.807) is 16.7 Å². The maximum atomic E-state index is 14.4. The van der Waals surface area contributed by atoms with Gasteiger partial charge in [0.25, 0.3) is 0 Å². The minimum absolute atomic E-state index is 0.0713. The Hall–Kier alpha value is -5.42. The molecule has 46 heavy (non-hydrogen) atoms. The summed E-state index contributed by atoms with van der Waals surface area (Å²) in [5, 5.41) is 11.8. The molecule has 0 radical (unpaired) electrons. The standard InChI is InChI=1S/C38H37N5O3/c1-46-33-23-21-30(22-24-33)26-42(36(44)27-43-35-18-9-8-17-34(35)40-41-43)37(38(45)39-32-15-6-3-7-16-32)31-14-10-13-29(25-31)20-19-28-11-4-2-5-12-28/h2,4-5,8-14,17-18,21-25,32,37H,3,6-7,15-16,26-27H2,1H3,(H,39,45). The number of hydrogen-bond acceptors (Lipinski definition) is 5. The molecule has 8 heteroatoms. The van der Waals surface area contributed by atoms with Gasteiger partial charge in [-0.2, -0.15) is 0 Å². The number of fused-ring (bicyclic) bond motifs is 1. The smallest absolute Gasteiger partial charge is 0.247 e. The molecule has 1 aromatic heterocycles. The molecule has 1 N–H and O–H groups in total. The lowest BCUT2D eigenvalue weighted by atomic mass is 9.94. The highest BCUT2D eigenvalue weighted by Crippen LogP contribution is 2.28. The summed E-state index contributed by atoms with van der Waals surface area (Å²) < 4.78 is 6.96. The Morgan fingerprint density at radius 1 is 0.891 bits per heavy atom. The molecule has 1 heterocycles. The summed E-state index contributed by atoms with van der Waals surface area (Å²) in [6, 6.07) is 31.7. The van der Waals surface area contributed by atoms with Crippen LogP contribution in [-0.2, 0) is 22.7 Å². The van der Waals surface area contributed by atoms with Crippen molar-refractivity contribution in [2.24, 2.45) is 0 Å². The molecule has 0 bridgehead atoms. The van der Waals surface area contributed by atoms with Gasteiger partial charge in [-0.1, -0.05) is 90.9 Å². The first kappa shape index (κ1) is 30.6. The van der Waals surface area contributed by atoms with Crippen LogP contribution in [0.3, 0.4) is 0 Å². The van der Waals surface area contributed by atoms with Crippen molar-refractivity contribution in [2.75, 3.05) is 7.11 Å². The summed E-state index contributed by atoms with van der Waals surface area (Å²) in [6.07, 6.45) is 5.19. The number of carbonyl (C=O) groups is 2. The topological polar surface area (TPSA) is 89.3 Å². The highest BCUT2D eigenvalue weighted by atomic mass is 16.5. The molecule has 1 unspecified atom stereocenters. The second-order valence-corrected chi connectivity index (χ2v) is 11.6. The second-order valence-electron chi connectivity index (χ2n) is 11.6. The number of hydrogen-bond donors (Lipinski definition) is 1. The lowest BCUT2D eigenvalue weighted by Gasteiger charge is -2.33. The first-order valence-electron chi connectivity index (χ1n) is 15.8. The maximum absolute atomic E-state index is 14.4. The number of ether oxygens (including phenoxy) is 1. The van der Waals surface area contributed by atoms with Gasteiger partial charge in [0.05, 0.1) is 12.6 Å². The molecular weight excluding hydrogens is 574 g/mol. The number of nitrogens with one attached hydrogen (secondary N) is 1. The average molecular weight is 612 g/mol. The number of para-hydroxylation sites is 1. The van der Waals surface area contributed by atoms with Crippen LogP contribution in [-0.4, -0.2) is 44.9 Å². The maximum Gasteiger partial charge on any atom is 0.247 e. The van der Waals surface area contributed by atoms with E-state index in [2.05, 4.69) is 27.5 Å². The monoisotopic (exact) mass is 611 g/mol. The molecule has 4 aromatic carbocycles. The van der Waals surface area contributed by atoms with Crippen LogP contribution >= 0.6 is 0 Å². The van der Waals surface area contributed by atoms with Crippen LogP contribution in [0.15, 0.2) is 103 Å². The van der Waals surface area contributed by atoms with E-state index in [1.165, 1.54) is 6.42 Å². The Morgan fingerprint density at radius 3 is 2.39 bits per heavy atom. The summed E-state index contributed by atoms with van der Waals surface area (Å²) in [6.45, 7) is 0.134. The lowest BCUT2D eigenvalue weighted by Crippen LogP contribution is -2.47. The molecule has 0 aliphatic heterocycles. The van der Waals surface area contributed by atoms with Crippen LogP contribution in [0.2, 0.25) is 0 Å². The first-order chi connectivity index (χ1) is 22.6. The molecule has 5 aromatic rings.